The van der Waals surface area contributed by atoms with Crippen LogP contribution in [0.2, 0.25) is 0 Å². The summed E-state index contributed by atoms with van der Waals surface area (Å²) in [5.74, 6) is 0.431. The number of nitrogens with one attached hydrogen (secondary N) is 1. The van der Waals surface area contributed by atoms with Gasteiger partial charge < -0.3 is 19.7 Å². The number of ether oxygens (including phenoxy) is 2. The predicted octanol–water partition coefficient (Wildman–Crippen LogP) is 4.68. The van der Waals surface area contributed by atoms with Crippen LogP contribution in [0.3, 0.4) is 0 Å². The molecule has 9 nitrogen and oxygen atoms in total. The lowest BCUT2D eigenvalue weighted by atomic mass is 10.1. The van der Waals surface area contributed by atoms with Crippen LogP contribution < -0.4 is 19.7 Å². The molecule has 0 spiro atoms. The molecule has 0 atom stereocenters. The van der Waals surface area contributed by atoms with E-state index in [1.165, 1.54) is 12.1 Å². The normalized spacial score (nSPS) is 12.4. The van der Waals surface area contributed by atoms with Gasteiger partial charge in [-0.2, -0.15) is 5.26 Å². The number of carbonyl (C=O) groups excluding carboxylic acids is 1. The third kappa shape index (κ3) is 4.81. The van der Waals surface area contributed by atoms with Crippen molar-refractivity contribution in [1.29, 1.82) is 5.26 Å². The predicted molar refractivity (Wildman–Crippen MR) is 127 cm³/mol. The summed E-state index contributed by atoms with van der Waals surface area (Å²) in [6.07, 6.45) is 1.31. The Morgan fingerprint density at radius 3 is 2.53 bits per heavy atom. The Morgan fingerprint density at radius 1 is 1.09 bits per heavy atom. The van der Waals surface area contributed by atoms with E-state index in [-0.39, 0.29) is 11.3 Å². The Kier molecular flexibility index (Phi) is 6.41. The molecule has 4 rings (SSSR count). The van der Waals surface area contributed by atoms with Crippen molar-refractivity contribution in [3.8, 4) is 17.6 Å². The molecule has 1 N–H and O–H groups in total. The highest BCUT2D eigenvalue weighted by atomic mass is 16.6. The van der Waals surface area contributed by atoms with Crippen molar-refractivity contribution < 1.29 is 19.2 Å². The third-order valence-electron chi connectivity index (χ3n) is 5.18. The molecule has 3 aromatic carbocycles. The zero-order chi connectivity index (χ0) is 24.1. The molecule has 1 aliphatic heterocycles. The number of anilines is 3. The van der Waals surface area contributed by atoms with Crippen molar-refractivity contribution in [3.05, 3.63) is 88.0 Å². The monoisotopic (exact) mass is 456 g/mol. The van der Waals surface area contributed by atoms with Gasteiger partial charge in [-0.25, -0.2) is 0 Å². The molecule has 170 valence electrons. The molecule has 1 aliphatic rings. The number of hydrogen-bond acceptors (Lipinski definition) is 7. The summed E-state index contributed by atoms with van der Waals surface area (Å²) in [7, 11) is 1.73. The lowest BCUT2D eigenvalue weighted by molar-refractivity contribution is -0.384. The van der Waals surface area contributed by atoms with Crippen LogP contribution in [0.5, 0.6) is 11.5 Å². The topological polar surface area (TPSA) is 118 Å². The number of para-hydroxylation sites is 1. The summed E-state index contributed by atoms with van der Waals surface area (Å²) in [6, 6.07) is 20.6. The zero-order valence-electron chi connectivity index (χ0n) is 18.2. The molecule has 0 radical (unpaired) electrons. The molecular weight excluding hydrogens is 436 g/mol. The fourth-order valence-corrected chi connectivity index (χ4v) is 3.49. The molecule has 0 fully saturated rings. The van der Waals surface area contributed by atoms with E-state index in [9.17, 15) is 20.2 Å². The Balaban J connectivity index is 1.59. The minimum Gasteiger partial charge on any atom is -0.486 e. The van der Waals surface area contributed by atoms with Gasteiger partial charge in [0.05, 0.1) is 4.92 Å². The lowest BCUT2D eigenvalue weighted by Gasteiger charge is -2.19. The summed E-state index contributed by atoms with van der Waals surface area (Å²) in [5, 5.41) is 23.9. The number of amides is 1. The van der Waals surface area contributed by atoms with Gasteiger partial charge in [0.25, 0.3) is 11.6 Å². The second-order valence-electron chi connectivity index (χ2n) is 7.38. The van der Waals surface area contributed by atoms with Crippen LogP contribution in [0, 0.1) is 21.4 Å². The highest BCUT2D eigenvalue weighted by Crippen LogP contribution is 2.34. The van der Waals surface area contributed by atoms with Gasteiger partial charge in [0.15, 0.2) is 11.5 Å². The molecular formula is C25H20N4O5. The first kappa shape index (κ1) is 22.4. The van der Waals surface area contributed by atoms with E-state index in [1.54, 1.807) is 42.3 Å². The van der Waals surface area contributed by atoms with Gasteiger partial charge in [-0.3, -0.25) is 14.9 Å². The Hall–Kier alpha value is -4.84. The average molecular weight is 456 g/mol. The number of nitro benzene ring substituents is 1. The first-order valence-corrected chi connectivity index (χ1v) is 10.4. The second-order valence-corrected chi connectivity index (χ2v) is 7.38. The van der Waals surface area contributed by atoms with Gasteiger partial charge in [0, 0.05) is 30.6 Å². The van der Waals surface area contributed by atoms with Crippen LogP contribution in [0.25, 0.3) is 6.08 Å². The van der Waals surface area contributed by atoms with Crippen LogP contribution >= 0.6 is 0 Å². The number of benzene rings is 3. The summed E-state index contributed by atoms with van der Waals surface area (Å²) < 4.78 is 11.0. The Labute approximate surface area is 195 Å². The maximum Gasteiger partial charge on any atom is 0.293 e. The van der Waals surface area contributed by atoms with Crippen LogP contribution in [-0.4, -0.2) is 31.1 Å². The minimum absolute atomic E-state index is 0.148. The van der Waals surface area contributed by atoms with Crippen molar-refractivity contribution in [3.63, 3.8) is 0 Å². The number of fused-ring (bicyclic) bond motifs is 1. The summed E-state index contributed by atoms with van der Waals surface area (Å²) >= 11 is 0. The third-order valence-corrected chi connectivity index (χ3v) is 5.18. The molecule has 1 amide bonds. The Bertz CT molecular complexity index is 1310. The molecule has 0 bridgehead atoms. The summed E-state index contributed by atoms with van der Waals surface area (Å²) in [4.78, 5) is 25.6. The van der Waals surface area contributed by atoms with Gasteiger partial charge in [-0.15, -0.1) is 0 Å². The van der Waals surface area contributed by atoms with E-state index in [2.05, 4.69) is 5.32 Å². The van der Waals surface area contributed by atoms with Crippen LogP contribution in [0.4, 0.5) is 22.7 Å². The molecule has 3 aromatic rings. The lowest BCUT2D eigenvalue weighted by Crippen LogP contribution is -2.17. The van der Waals surface area contributed by atoms with Gasteiger partial charge >= 0.3 is 0 Å². The zero-order valence-corrected chi connectivity index (χ0v) is 18.2. The molecule has 0 saturated carbocycles. The number of rotatable bonds is 6. The molecule has 0 saturated heterocycles. The van der Waals surface area contributed by atoms with Crippen LogP contribution in [0.15, 0.2) is 72.3 Å². The van der Waals surface area contributed by atoms with Crippen molar-refractivity contribution >= 4 is 34.7 Å². The fourth-order valence-electron chi connectivity index (χ4n) is 3.49. The van der Waals surface area contributed by atoms with E-state index in [4.69, 9.17) is 9.47 Å². The molecule has 0 aromatic heterocycles. The van der Waals surface area contributed by atoms with E-state index in [0.717, 1.165) is 5.69 Å². The van der Waals surface area contributed by atoms with E-state index < -0.39 is 10.8 Å². The number of nitrogens with zero attached hydrogens (tertiary/aromatic N) is 3. The van der Waals surface area contributed by atoms with E-state index in [1.807, 2.05) is 36.4 Å². The quantitative estimate of drug-likeness (QED) is 0.248. The summed E-state index contributed by atoms with van der Waals surface area (Å²) in [6.45, 7) is 0.855. The highest BCUT2D eigenvalue weighted by molar-refractivity contribution is 6.09. The van der Waals surface area contributed by atoms with E-state index >= 15 is 0 Å². The highest BCUT2D eigenvalue weighted by Gasteiger charge is 2.20. The van der Waals surface area contributed by atoms with Crippen LogP contribution in [0.1, 0.15) is 5.56 Å². The summed E-state index contributed by atoms with van der Waals surface area (Å²) in [5.41, 5.74) is 1.60. The largest absolute Gasteiger partial charge is 0.486 e. The van der Waals surface area contributed by atoms with Gasteiger partial charge in [0.2, 0.25) is 0 Å². The Morgan fingerprint density at radius 2 is 1.82 bits per heavy atom. The molecule has 9 heteroatoms. The maximum absolute atomic E-state index is 12.7. The standard InChI is InChI=1S/C25H20N4O5/c1-28(20-5-3-2-4-6-20)21-9-7-17(14-22(21)29(31)32)13-18(16-26)25(30)27-19-8-10-23-24(15-19)34-12-11-33-23/h2-10,13-15H,11-12H2,1H3,(H,27,30). The molecule has 34 heavy (non-hydrogen) atoms. The molecule has 0 unspecified atom stereocenters. The number of nitro groups is 1. The minimum atomic E-state index is -0.646. The van der Waals surface area contributed by atoms with Crippen LogP contribution in [-0.2, 0) is 4.79 Å². The van der Waals surface area contributed by atoms with E-state index in [0.29, 0.717) is 41.7 Å². The SMILES string of the molecule is CN(c1ccccc1)c1ccc(C=C(C#N)C(=O)Nc2ccc3c(c2)OCCO3)cc1[N+](=O)[O-]. The number of carbonyl (C=O) groups is 1. The molecule has 1 heterocycles. The smallest absolute Gasteiger partial charge is 0.293 e. The second kappa shape index (κ2) is 9.75. The van der Waals surface area contributed by atoms with Crippen molar-refractivity contribution in [2.75, 3.05) is 30.5 Å². The first-order chi connectivity index (χ1) is 16.5. The van der Waals surface area contributed by atoms with Gasteiger partial charge in [-0.05, 0) is 42.0 Å². The fraction of sp³-hybridized carbons (Fsp3) is 0.120. The van der Waals surface area contributed by atoms with Gasteiger partial charge in [0.1, 0.15) is 30.5 Å². The number of nitriles is 1. The van der Waals surface area contributed by atoms with Gasteiger partial charge in [-0.1, -0.05) is 24.3 Å². The van der Waals surface area contributed by atoms with Crippen molar-refractivity contribution in [2.45, 2.75) is 0 Å². The molecule has 0 aliphatic carbocycles. The first-order valence-electron chi connectivity index (χ1n) is 10.4. The number of hydrogen-bond donors (Lipinski definition) is 1. The van der Waals surface area contributed by atoms with Crippen molar-refractivity contribution in [1.82, 2.24) is 0 Å². The maximum atomic E-state index is 12.7. The van der Waals surface area contributed by atoms with Crippen molar-refractivity contribution in [2.24, 2.45) is 0 Å². The average Bonchev–Trinajstić information content (AvgIpc) is 2.87.